The zero-order chi connectivity index (χ0) is 17.7. The van der Waals surface area contributed by atoms with Crippen molar-refractivity contribution in [2.75, 3.05) is 18.0 Å². The van der Waals surface area contributed by atoms with Crippen LogP contribution in [-0.2, 0) is 0 Å². The second-order valence-corrected chi connectivity index (χ2v) is 7.01. The Bertz CT molecular complexity index is 963. The number of piperidine rings is 1. The number of aromatic nitrogens is 4. The molecular formula is C18H17F2N5O. The first kappa shape index (κ1) is 15.6. The normalized spacial score (nSPS) is 18.6. The Morgan fingerprint density at radius 1 is 0.923 bits per heavy atom. The Labute approximate surface area is 148 Å². The molecular weight excluding hydrogens is 340 g/mol. The van der Waals surface area contributed by atoms with Crippen LogP contribution in [0.25, 0.3) is 11.0 Å². The maximum atomic E-state index is 13.4. The predicted molar refractivity (Wildman–Crippen MR) is 89.9 cm³/mol. The minimum absolute atomic E-state index is 0.280. The van der Waals surface area contributed by atoms with E-state index in [-0.39, 0.29) is 5.92 Å². The fourth-order valence-electron chi connectivity index (χ4n) is 3.43. The van der Waals surface area contributed by atoms with Crippen LogP contribution in [0.5, 0.6) is 0 Å². The molecule has 2 fully saturated rings. The van der Waals surface area contributed by atoms with E-state index < -0.39 is 11.6 Å². The third-order valence-corrected chi connectivity index (χ3v) is 5.14. The first-order chi connectivity index (χ1) is 12.7. The molecule has 1 saturated heterocycles. The second kappa shape index (κ2) is 5.96. The van der Waals surface area contributed by atoms with E-state index in [1.807, 2.05) is 0 Å². The largest absolute Gasteiger partial charge is 0.355 e. The van der Waals surface area contributed by atoms with Crippen molar-refractivity contribution in [3.05, 3.63) is 41.7 Å². The van der Waals surface area contributed by atoms with Gasteiger partial charge in [0.15, 0.2) is 17.5 Å². The van der Waals surface area contributed by atoms with E-state index in [1.54, 1.807) is 6.20 Å². The molecule has 2 aromatic heterocycles. The zero-order valence-electron chi connectivity index (χ0n) is 14.0. The molecule has 134 valence electrons. The summed E-state index contributed by atoms with van der Waals surface area (Å²) in [5.41, 5.74) is 0.706. The standard InChI is InChI=1S/C18H17F2N5O/c19-12-7-14-15(8-13(12)20)22-16(9-21-14)25-5-3-10(4-6-25)17-23-18(26-24-17)11-1-2-11/h7-11H,1-6H2. The summed E-state index contributed by atoms with van der Waals surface area (Å²) < 4.78 is 32.1. The highest BCUT2D eigenvalue weighted by Crippen LogP contribution is 2.40. The molecule has 0 spiro atoms. The topological polar surface area (TPSA) is 67.9 Å². The summed E-state index contributed by atoms with van der Waals surface area (Å²) in [5.74, 6) is 1.17. The number of halogens is 2. The summed E-state index contributed by atoms with van der Waals surface area (Å²) in [7, 11) is 0. The Balaban J connectivity index is 1.31. The van der Waals surface area contributed by atoms with Crippen molar-refractivity contribution in [3.63, 3.8) is 0 Å². The number of anilines is 1. The van der Waals surface area contributed by atoms with Crippen molar-refractivity contribution in [1.82, 2.24) is 20.1 Å². The van der Waals surface area contributed by atoms with Gasteiger partial charge in [-0.05, 0) is 25.7 Å². The van der Waals surface area contributed by atoms with Crippen LogP contribution in [0.3, 0.4) is 0 Å². The molecule has 1 aliphatic carbocycles. The van der Waals surface area contributed by atoms with E-state index in [9.17, 15) is 8.78 Å². The van der Waals surface area contributed by atoms with E-state index in [0.29, 0.717) is 22.8 Å². The fourth-order valence-corrected chi connectivity index (χ4v) is 3.43. The summed E-state index contributed by atoms with van der Waals surface area (Å²) in [6, 6.07) is 2.16. The summed E-state index contributed by atoms with van der Waals surface area (Å²) in [6.07, 6.45) is 5.68. The average Bonchev–Trinajstić information content (AvgIpc) is 3.39. The molecule has 8 heteroatoms. The van der Waals surface area contributed by atoms with Crippen molar-refractivity contribution in [2.45, 2.75) is 37.5 Å². The fraction of sp³-hybridized carbons (Fsp3) is 0.444. The third kappa shape index (κ3) is 2.79. The molecule has 0 amide bonds. The van der Waals surface area contributed by atoms with E-state index >= 15 is 0 Å². The van der Waals surface area contributed by atoms with Gasteiger partial charge in [0.2, 0.25) is 5.89 Å². The van der Waals surface area contributed by atoms with Gasteiger partial charge in [-0.25, -0.2) is 13.8 Å². The predicted octanol–water partition coefficient (Wildman–Crippen LogP) is 3.55. The summed E-state index contributed by atoms with van der Waals surface area (Å²) in [5, 5.41) is 4.15. The highest BCUT2D eigenvalue weighted by molar-refractivity contribution is 5.75. The first-order valence-electron chi connectivity index (χ1n) is 8.87. The number of benzene rings is 1. The number of fused-ring (bicyclic) bond motifs is 1. The lowest BCUT2D eigenvalue weighted by molar-refractivity contribution is 0.364. The molecule has 0 N–H and O–H groups in total. The molecule has 0 radical (unpaired) electrons. The van der Waals surface area contributed by atoms with Gasteiger partial charge in [0.25, 0.3) is 0 Å². The van der Waals surface area contributed by atoms with Gasteiger partial charge < -0.3 is 9.42 Å². The van der Waals surface area contributed by atoms with Crippen LogP contribution >= 0.6 is 0 Å². The van der Waals surface area contributed by atoms with E-state index in [2.05, 4.69) is 25.0 Å². The summed E-state index contributed by atoms with van der Waals surface area (Å²) in [4.78, 5) is 15.3. The van der Waals surface area contributed by atoms with Crippen LogP contribution in [0.4, 0.5) is 14.6 Å². The van der Waals surface area contributed by atoms with Crippen LogP contribution < -0.4 is 4.90 Å². The van der Waals surface area contributed by atoms with E-state index in [4.69, 9.17) is 4.52 Å². The third-order valence-electron chi connectivity index (χ3n) is 5.14. The minimum atomic E-state index is -0.911. The van der Waals surface area contributed by atoms with Gasteiger partial charge in [-0.15, -0.1) is 0 Å². The van der Waals surface area contributed by atoms with Gasteiger partial charge in [-0.3, -0.25) is 4.98 Å². The van der Waals surface area contributed by atoms with Gasteiger partial charge in [0.1, 0.15) is 5.82 Å². The lowest BCUT2D eigenvalue weighted by Gasteiger charge is -2.31. The van der Waals surface area contributed by atoms with Crippen molar-refractivity contribution in [3.8, 4) is 0 Å². The molecule has 3 heterocycles. The maximum Gasteiger partial charge on any atom is 0.229 e. The molecule has 6 nitrogen and oxygen atoms in total. The molecule has 0 atom stereocenters. The Hall–Kier alpha value is -2.64. The van der Waals surface area contributed by atoms with Crippen LogP contribution in [0.15, 0.2) is 22.9 Å². The molecule has 1 aromatic carbocycles. The molecule has 1 saturated carbocycles. The number of hydrogen-bond acceptors (Lipinski definition) is 6. The quantitative estimate of drug-likeness (QED) is 0.714. The molecule has 0 unspecified atom stereocenters. The van der Waals surface area contributed by atoms with E-state index in [0.717, 1.165) is 62.6 Å². The number of nitrogens with zero attached hydrogens (tertiary/aromatic N) is 5. The lowest BCUT2D eigenvalue weighted by atomic mass is 9.96. The molecule has 2 aliphatic rings. The minimum Gasteiger partial charge on any atom is -0.355 e. The van der Waals surface area contributed by atoms with E-state index in [1.165, 1.54) is 0 Å². The highest BCUT2D eigenvalue weighted by atomic mass is 19.2. The SMILES string of the molecule is Fc1cc2ncc(N3CCC(c4noc(C5CC5)n4)CC3)nc2cc1F. The van der Waals surface area contributed by atoms with Crippen molar-refractivity contribution in [1.29, 1.82) is 0 Å². The van der Waals surface area contributed by atoms with Crippen LogP contribution in [0.2, 0.25) is 0 Å². The smallest absolute Gasteiger partial charge is 0.229 e. The van der Waals surface area contributed by atoms with Crippen LogP contribution in [-0.4, -0.2) is 33.2 Å². The number of rotatable bonds is 3. The van der Waals surface area contributed by atoms with Gasteiger partial charge in [0.05, 0.1) is 17.2 Å². The Morgan fingerprint density at radius 2 is 1.65 bits per heavy atom. The summed E-state index contributed by atoms with van der Waals surface area (Å²) in [6.45, 7) is 1.56. The molecule has 1 aliphatic heterocycles. The monoisotopic (exact) mass is 357 g/mol. The summed E-state index contributed by atoms with van der Waals surface area (Å²) >= 11 is 0. The Morgan fingerprint density at radius 3 is 2.38 bits per heavy atom. The molecule has 5 rings (SSSR count). The van der Waals surface area contributed by atoms with Crippen molar-refractivity contribution in [2.24, 2.45) is 0 Å². The van der Waals surface area contributed by atoms with Crippen LogP contribution in [0, 0.1) is 11.6 Å². The van der Waals surface area contributed by atoms with Gasteiger partial charge in [-0.1, -0.05) is 5.16 Å². The zero-order valence-corrected chi connectivity index (χ0v) is 14.0. The number of hydrogen-bond donors (Lipinski definition) is 0. The Kier molecular flexibility index (Phi) is 3.58. The van der Waals surface area contributed by atoms with Crippen LogP contribution in [0.1, 0.15) is 49.2 Å². The van der Waals surface area contributed by atoms with Crippen molar-refractivity contribution >= 4 is 16.9 Å². The average molecular weight is 357 g/mol. The molecule has 3 aromatic rings. The molecule has 0 bridgehead atoms. The van der Waals surface area contributed by atoms with Crippen molar-refractivity contribution < 1.29 is 13.3 Å². The van der Waals surface area contributed by atoms with Gasteiger partial charge >= 0.3 is 0 Å². The lowest BCUT2D eigenvalue weighted by Crippen LogP contribution is -2.33. The van der Waals surface area contributed by atoms with Gasteiger partial charge in [-0.2, -0.15) is 4.98 Å². The highest BCUT2D eigenvalue weighted by Gasteiger charge is 2.32. The maximum absolute atomic E-state index is 13.4. The molecule has 26 heavy (non-hydrogen) atoms. The van der Waals surface area contributed by atoms with Gasteiger partial charge in [0, 0.05) is 37.1 Å². The second-order valence-electron chi connectivity index (χ2n) is 7.01. The first-order valence-corrected chi connectivity index (χ1v) is 8.87.